The fourth-order valence-electron chi connectivity index (χ4n) is 1.79. The maximum Gasteiger partial charge on any atom is 0.334 e. The number of thiazole rings is 1. The summed E-state index contributed by atoms with van der Waals surface area (Å²) < 4.78 is 5.18. The molecule has 0 aromatic carbocycles. The first-order chi connectivity index (χ1) is 7.68. The highest BCUT2D eigenvalue weighted by Gasteiger charge is 2.29. The molecule has 1 aliphatic rings. The van der Waals surface area contributed by atoms with Crippen LogP contribution in [0.2, 0.25) is 0 Å². The molecular weight excluding hydrogens is 228 g/mol. The van der Waals surface area contributed by atoms with Crippen molar-refractivity contribution in [3.05, 3.63) is 16.6 Å². The molecule has 0 amide bonds. The van der Waals surface area contributed by atoms with Gasteiger partial charge in [-0.15, -0.1) is 11.3 Å². The van der Waals surface area contributed by atoms with Crippen molar-refractivity contribution in [3.63, 3.8) is 0 Å². The van der Waals surface area contributed by atoms with Crippen LogP contribution < -0.4 is 0 Å². The number of carbonyl (C=O) groups is 1. The zero-order valence-electron chi connectivity index (χ0n) is 9.00. The Morgan fingerprint density at radius 3 is 3.25 bits per heavy atom. The molecule has 6 heteroatoms. The van der Waals surface area contributed by atoms with Crippen LogP contribution in [0.3, 0.4) is 0 Å². The molecule has 0 spiro atoms. The van der Waals surface area contributed by atoms with Gasteiger partial charge in [0.25, 0.3) is 0 Å². The number of aliphatic carboxylic acids is 1. The highest BCUT2D eigenvalue weighted by Crippen LogP contribution is 2.22. The van der Waals surface area contributed by atoms with Crippen molar-refractivity contribution in [1.82, 2.24) is 9.88 Å². The lowest BCUT2D eigenvalue weighted by Crippen LogP contribution is -2.46. The van der Waals surface area contributed by atoms with Crippen molar-refractivity contribution in [2.45, 2.75) is 19.1 Å². The molecule has 1 aliphatic heterocycles. The van der Waals surface area contributed by atoms with E-state index in [1.807, 2.05) is 12.3 Å². The van der Waals surface area contributed by atoms with Crippen LogP contribution in [0, 0.1) is 0 Å². The van der Waals surface area contributed by atoms with E-state index in [-0.39, 0.29) is 6.04 Å². The second-order valence-electron chi connectivity index (χ2n) is 3.78. The molecule has 0 saturated carbocycles. The van der Waals surface area contributed by atoms with Crippen molar-refractivity contribution in [2.75, 3.05) is 19.7 Å². The zero-order valence-corrected chi connectivity index (χ0v) is 9.81. The normalized spacial score (nSPS) is 24.2. The van der Waals surface area contributed by atoms with Gasteiger partial charge in [-0.05, 0) is 6.92 Å². The van der Waals surface area contributed by atoms with Gasteiger partial charge in [-0.1, -0.05) is 0 Å². The Hall–Kier alpha value is -0.980. The standard InChI is InChI=1S/C10H14N2O3S/c1-7(8-5-16-6-11-8)12-2-3-15-9(4-12)10(13)14/h5-7,9H,2-4H2,1H3,(H,13,14). The Balaban J connectivity index is 2.01. The van der Waals surface area contributed by atoms with Gasteiger partial charge in [0.1, 0.15) is 0 Å². The molecule has 88 valence electrons. The summed E-state index contributed by atoms with van der Waals surface area (Å²) in [5.41, 5.74) is 2.79. The first-order valence-corrected chi connectivity index (χ1v) is 6.09. The predicted molar refractivity (Wildman–Crippen MR) is 59.5 cm³/mol. The molecule has 1 fully saturated rings. The lowest BCUT2D eigenvalue weighted by molar-refractivity contribution is -0.157. The third kappa shape index (κ3) is 2.40. The molecule has 0 radical (unpaired) electrons. The van der Waals surface area contributed by atoms with E-state index in [2.05, 4.69) is 9.88 Å². The minimum atomic E-state index is -0.893. The third-order valence-electron chi connectivity index (χ3n) is 2.80. The van der Waals surface area contributed by atoms with Gasteiger partial charge >= 0.3 is 5.97 Å². The molecule has 1 saturated heterocycles. The van der Waals surface area contributed by atoms with E-state index < -0.39 is 12.1 Å². The Morgan fingerprint density at radius 1 is 1.81 bits per heavy atom. The molecule has 1 aromatic heterocycles. The second kappa shape index (κ2) is 4.90. The second-order valence-corrected chi connectivity index (χ2v) is 4.50. The van der Waals surface area contributed by atoms with E-state index in [4.69, 9.17) is 9.84 Å². The summed E-state index contributed by atoms with van der Waals surface area (Å²) in [7, 11) is 0. The lowest BCUT2D eigenvalue weighted by Gasteiger charge is -2.34. The fraction of sp³-hybridized carbons (Fsp3) is 0.600. The van der Waals surface area contributed by atoms with E-state index in [0.29, 0.717) is 13.2 Å². The van der Waals surface area contributed by atoms with Gasteiger partial charge in [0.15, 0.2) is 6.10 Å². The summed E-state index contributed by atoms with van der Waals surface area (Å²) in [5.74, 6) is -0.893. The summed E-state index contributed by atoms with van der Waals surface area (Å²) in [6, 6.07) is 0.150. The first kappa shape index (κ1) is 11.5. The Labute approximate surface area is 97.7 Å². The molecule has 0 aliphatic carbocycles. The molecule has 0 bridgehead atoms. The molecular formula is C10H14N2O3S. The predicted octanol–water partition coefficient (Wildman–Crippen LogP) is 0.989. The molecule has 2 rings (SSSR count). The number of nitrogens with zero attached hydrogens (tertiary/aromatic N) is 2. The molecule has 5 nitrogen and oxygen atoms in total. The number of aromatic nitrogens is 1. The van der Waals surface area contributed by atoms with E-state index in [1.165, 1.54) is 0 Å². The van der Waals surface area contributed by atoms with Gasteiger partial charge in [0.05, 0.1) is 23.9 Å². The summed E-state index contributed by atoms with van der Waals surface area (Å²) in [6.45, 7) is 3.68. The zero-order chi connectivity index (χ0) is 11.5. The van der Waals surface area contributed by atoms with Crippen molar-refractivity contribution in [3.8, 4) is 0 Å². The number of carboxylic acid groups (broad SMARTS) is 1. The van der Waals surface area contributed by atoms with Gasteiger partial charge < -0.3 is 9.84 Å². The van der Waals surface area contributed by atoms with Crippen LogP contribution in [0.15, 0.2) is 10.9 Å². The topological polar surface area (TPSA) is 62.7 Å². The number of carboxylic acids is 1. The van der Waals surface area contributed by atoms with Crippen molar-refractivity contribution < 1.29 is 14.6 Å². The van der Waals surface area contributed by atoms with Gasteiger partial charge in [0, 0.05) is 18.5 Å². The lowest BCUT2D eigenvalue weighted by atomic mass is 10.2. The highest BCUT2D eigenvalue weighted by molar-refractivity contribution is 7.07. The van der Waals surface area contributed by atoms with Crippen LogP contribution in [-0.4, -0.2) is 46.8 Å². The SMILES string of the molecule is CC(c1cscn1)N1CCOC(C(=O)O)C1. The maximum absolute atomic E-state index is 10.8. The van der Waals surface area contributed by atoms with Crippen molar-refractivity contribution >= 4 is 17.3 Å². The Bertz CT molecular complexity index is 355. The van der Waals surface area contributed by atoms with Crippen LogP contribution in [-0.2, 0) is 9.53 Å². The van der Waals surface area contributed by atoms with E-state index in [1.54, 1.807) is 16.8 Å². The summed E-state index contributed by atoms with van der Waals surface area (Å²) >= 11 is 1.55. The summed E-state index contributed by atoms with van der Waals surface area (Å²) in [6.07, 6.45) is -0.713. The van der Waals surface area contributed by atoms with Gasteiger partial charge in [-0.3, -0.25) is 4.90 Å². The van der Waals surface area contributed by atoms with Crippen molar-refractivity contribution in [2.24, 2.45) is 0 Å². The number of rotatable bonds is 3. The molecule has 1 aromatic rings. The summed E-state index contributed by atoms with van der Waals surface area (Å²) in [5, 5.41) is 10.9. The molecule has 2 heterocycles. The summed E-state index contributed by atoms with van der Waals surface area (Å²) in [4.78, 5) is 17.2. The van der Waals surface area contributed by atoms with Crippen LogP contribution >= 0.6 is 11.3 Å². The van der Waals surface area contributed by atoms with Crippen molar-refractivity contribution in [1.29, 1.82) is 0 Å². The fourth-order valence-corrected chi connectivity index (χ4v) is 2.43. The highest BCUT2D eigenvalue weighted by atomic mass is 32.1. The molecule has 1 N–H and O–H groups in total. The van der Waals surface area contributed by atoms with E-state index >= 15 is 0 Å². The van der Waals surface area contributed by atoms with E-state index in [0.717, 1.165) is 12.2 Å². The van der Waals surface area contributed by atoms with Crippen LogP contribution in [0.4, 0.5) is 0 Å². The van der Waals surface area contributed by atoms with Gasteiger partial charge in [-0.25, -0.2) is 9.78 Å². The Kier molecular flexibility index (Phi) is 3.52. The number of morpholine rings is 1. The number of hydrogen-bond acceptors (Lipinski definition) is 5. The smallest absolute Gasteiger partial charge is 0.334 e. The monoisotopic (exact) mass is 242 g/mol. The van der Waals surface area contributed by atoms with Gasteiger partial charge in [-0.2, -0.15) is 0 Å². The Morgan fingerprint density at radius 2 is 2.62 bits per heavy atom. The van der Waals surface area contributed by atoms with Crippen LogP contribution in [0.25, 0.3) is 0 Å². The first-order valence-electron chi connectivity index (χ1n) is 5.15. The average molecular weight is 242 g/mol. The minimum absolute atomic E-state index is 0.150. The van der Waals surface area contributed by atoms with Gasteiger partial charge in [0.2, 0.25) is 0 Å². The quantitative estimate of drug-likeness (QED) is 0.856. The largest absolute Gasteiger partial charge is 0.479 e. The number of ether oxygens (including phenoxy) is 1. The van der Waals surface area contributed by atoms with Crippen LogP contribution in [0.1, 0.15) is 18.7 Å². The maximum atomic E-state index is 10.8. The molecule has 2 atom stereocenters. The minimum Gasteiger partial charge on any atom is -0.479 e. The molecule has 16 heavy (non-hydrogen) atoms. The average Bonchev–Trinajstić information content (AvgIpc) is 2.81. The third-order valence-corrected chi connectivity index (χ3v) is 3.41. The number of hydrogen-bond donors (Lipinski definition) is 1. The van der Waals surface area contributed by atoms with Crippen LogP contribution in [0.5, 0.6) is 0 Å². The van der Waals surface area contributed by atoms with E-state index in [9.17, 15) is 4.79 Å². The molecule has 2 unspecified atom stereocenters.